The molecule has 77 valence electrons. The van der Waals surface area contributed by atoms with Crippen LogP contribution in [0.4, 0.5) is 0 Å². The molecule has 1 heterocycles. The molecule has 0 aliphatic rings. The van der Waals surface area contributed by atoms with E-state index in [1.165, 1.54) is 0 Å². The van der Waals surface area contributed by atoms with E-state index in [0.29, 0.717) is 0 Å². The molecule has 3 nitrogen and oxygen atoms in total. The summed E-state index contributed by atoms with van der Waals surface area (Å²) in [6.45, 7) is 3.91. The first kappa shape index (κ1) is 9.77. The van der Waals surface area contributed by atoms with Gasteiger partial charge in [-0.05, 0) is 36.6 Å². The van der Waals surface area contributed by atoms with Crippen LogP contribution in [0.2, 0.25) is 0 Å². The highest BCUT2D eigenvalue weighted by molar-refractivity contribution is 5.79. The fraction of sp³-hybridized carbons (Fsp3) is 0.167. The predicted molar refractivity (Wildman–Crippen MR) is 58.1 cm³/mol. The van der Waals surface area contributed by atoms with E-state index in [1.807, 2.05) is 24.3 Å². The SMILES string of the molecule is [CH2]C(CC(N)=O)c1ccc2occc2c1. The Hall–Kier alpha value is -1.77. The van der Waals surface area contributed by atoms with Gasteiger partial charge in [-0.15, -0.1) is 0 Å². The average Bonchev–Trinajstić information content (AvgIpc) is 2.62. The Kier molecular flexibility index (Phi) is 2.46. The number of nitrogens with two attached hydrogens (primary N) is 1. The first-order valence-electron chi connectivity index (χ1n) is 4.75. The van der Waals surface area contributed by atoms with Crippen molar-refractivity contribution in [3.63, 3.8) is 0 Å². The summed E-state index contributed by atoms with van der Waals surface area (Å²) in [5.74, 6) is -0.427. The second-order valence-electron chi connectivity index (χ2n) is 3.59. The zero-order chi connectivity index (χ0) is 10.8. The molecule has 2 rings (SSSR count). The van der Waals surface area contributed by atoms with Crippen LogP contribution in [0.15, 0.2) is 34.9 Å². The summed E-state index contributed by atoms with van der Waals surface area (Å²) in [6.07, 6.45) is 1.91. The summed E-state index contributed by atoms with van der Waals surface area (Å²) in [4.78, 5) is 10.8. The van der Waals surface area contributed by atoms with Gasteiger partial charge in [0.05, 0.1) is 6.26 Å². The van der Waals surface area contributed by atoms with Gasteiger partial charge in [0.1, 0.15) is 5.58 Å². The average molecular weight is 202 g/mol. The van der Waals surface area contributed by atoms with E-state index in [2.05, 4.69) is 6.92 Å². The van der Waals surface area contributed by atoms with Crippen molar-refractivity contribution in [2.24, 2.45) is 5.73 Å². The van der Waals surface area contributed by atoms with Crippen LogP contribution in [0.3, 0.4) is 0 Å². The Morgan fingerprint density at radius 1 is 1.47 bits per heavy atom. The van der Waals surface area contributed by atoms with Gasteiger partial charge in [0.2, 0.25) is 5.91 Å². The molecule has 2 aromatic rings. The van der Waals surface area contributed by atoms with Gasteiger partial charge in [-0.25, -0.2) is 0 Å². The number of benzene rings is 1. The van der Waals surface area contributed by atoms with Gasteiger partial charge in [-0.1, -0.05) is 6.07 Å². The smallest absolute Gasteiger partial charge is 0.218 e. The predicted octanol–water partition coefficient (Wildman–Crippen LogP) is 2.23. The van der Waals surface area contributed by atoms with E-state index in [-0.39, 0.29) is 18.2 Å². The van der Waals surface area contributed by atoms with Crippen molar-refractivity contribution in [2.45, 2.75) is 12.3 Å². The van der Waals surface area contributed by atoms with Crippen LogP contribution < -0.4 is 5.73 Å². The van der Waals surface area contributed by atoms with Gasteiger partial charge in [0.25, 0.3) is 0 Å². The highest BCUT2D eigenvalue weighted by Crippen LogP contribution is 2.23. The van der Waals surface area contributed by atoms with Crippen molar-refractivity contribution in [2.75, 3.05) is 0 Å². The van der Waals surface area contributed by atoms with Crippen molar-refractivity contribution in [1.82, 2.24) is 0 Å². The van der Waals surface area contributed by atoms with Gasteiger partial charge in [0, 0.05) is 11.8 Å². The van der Waals surface area contributed by atoms with Crippen LogP contribution in [0.25, 0.3) is 11.0 Å². The van der Waals surface area contributed by atoms with E-state index in [9.17, 15) is 4.79 Å². The quantitative estimate of drug-likeness (QED) is 0.829. The van der Waals surface area contributed by atoms with Crippen molar-refractivity contribution < 1.29 is 9.21 Å². The first-order chi connectivity index (χ1) is 7.16. The molecule has 0 bridgehead atoms. The van der Waals surface area contributed by atoms with Crippen molar-refractivity contribution in [1.29, 1.82) is 0 Å². The molecular weight excluding hydrogens is 190 g/mol. The van der Waals surface area contributed by atoms with Crippen molar-refractivity contribution in [3.8, 4) is 0 Å². The van der Waals surface area contributed by atoms with Crippen molar-refractivity contribution in [3.05, 3.63) is 43.0 Å². The van der Waals surface area contributed by atoms with Crippen LogP contribution >= 0.6 is 0 Å². The van der Waals surface area contributed by atoms with Gasteiger partial charge in [-0.2, -0.15) is 0 Å². The molecule has 1 aromatic heterocycles. The lowest BCUT2D eigenvalue weighted by atomic mass is 9.96. The molecule has 3 heteroatoms. The molecule has 2 N–H and O–H groups in total. The lowest BCUT2D eigenvalue weighted by molar-refractivity contribution is -0.118. The van der Waals surface area contributed by atoms with Crippen LogP contribution in [-0.2, 0) is 4.79 Å². The summed E-state index contributed by atoms with van der Waals surface area (Å²) >= 11 is 0. The maximum Gasteiger partial charge on any atom is 0.218 e. The van der Waals surface area contributed by atoms with Crippen LogP contribution in [0.1, 0.15) is 17.9 Å². The fourth-order valence-electron chi connectivity index (χ4n) is 1.60. The van der Waals surface area contributed by atoms with Gasteiger partial charge in [-0.3, -0.25) is 4.79 Å². The van der Waals surface area contributed by atoms with Crippen molar-refractivity contribution >= 4 is 16.9 Å². The van der Waals surface area contributed by atoms with E-state index >= 15 is 0 Å². The molecule has 0 spiro atoms. The Labute approximate surface area is 87.9 Å². The molecule has 0 saturated carbocycles. The number of furan rings is 1. The molecule has 0 aliphatic heterocycles. The lowest BCUT2D eigenvalue weighted by Gasteiger charge is -2.08. The fourth-order valence-corrected chi connectivity index (χ4v) is 1.60. The molecule has 1 atom stereocenters. The number of carbonyl (C=O) groups excluding carboxylic acids is 1. The summed E-state index contributed by atoms with van der Waals surface area (Å²) < 4.78 is 5.22. The molecule has 15 heavy (non-hydrogen) atoms. The Bertz CT molecular complexity index is 487. The van der Waals surface area contributed by atoms with Crippen LogP contribution in [0, 0.1) is 6.92 Å². The van der Waals surface area contributed by atoms with E-state index in [4.69, 9.17) is 10.2 Å². The summed E-state index contributed by atoms with van der Waals surface area (Å²) in [5, 5.41) is 1.02. The monoisotopic (exact) mass is 202 g/mol. The highest BCUT2D eigenvalue weighted by Gasteiger charge is 2.09. The number of primary amides is 1. The number of fused-ring (bicyclic) bond motifs is 1. The van der Waals surface area contributed by atoms with Gasteiger partial charge in [0.15, 0.2) is 0 Å². The molecule has 0 saturated heterocycles. The molecule has 1 amide bonds. The minimum absolute atomic E-state index is 0.0956. The third-order valence-corrected chi connectivity index (χ3v) is 2.40. The molecule has 1 aromatic carbocycles. The minimum Gasteiger partial charge on any atom is -0.464 e. The molecule has 0 fully saturated rings. The standard InChI is InChI=1S/C12H12NO2/c1-8(6-12(13)14)9-2-3-11-10(7-9)4-5-15-11/h2-5,7-8H,1,6H2,(H2,13,14). The number of hydrogen-bond acceptors (Lipinski definition) is 2. The third-order valence-electron chi connectivity index (χ3n) is 2.40. The number of carbonyl (C=O) groups is 1. The van der Waals surface area contributed by atoms with E-state index in [0.717, 1.165) is 16.5 Å². The minimum atomic E-state index is -0.331. The second-order valence-corrected chi connectivity index (χ2v) is 3.59. The summed E-state index contributed by atoms with van der Waals surface area (Å²) in [6, 6.07) is 7.64. The topological polar surface area (TPSA) is 56.2 Å². The number of amides is 1. The van der Waals surface area contributed by atoms with Gasteiger partial charge >= 0.3 is 0 Å². The Morgan fingerprint density at radius 2 is 2.27 bits per heavy atom. The van der Waals surface area contributed by atoms with E-state index in [1.54, 1.807) is 6.26 Å². The molecule has 1 unspecified atom stereocenters. The zero-order valence-electron chi connectivity index (χ0n) is 8.27. The highest BCUT2D eigenvalue weighted by atomic mass is 16.3. The molecular formula is C12H12NO2. The third kappa shape index (κ3) is 2.01. The normalized spacial score (nSPS) is 12.9. The number of rotatable bonds is 3. The first-order valence-corrected chi connectivity index (χ1v) is 4.75. The maximum absolute atomic E-state index is 10.8. The lowest BCUT2D eigenvalue weighted by Crippen LogP contribution is -2.13. The zero-order valence-corrected chi connectivity index (χ0v) is 8.27. The van der Waals surface area contributed by atoms with E-state index < -0.39 is 0 Å². The summed E-state index contributed by atoms with van der Waals surface area (Å²) in [7, 11) is 0. The van der Waals surface area contributed by atoms with Crippen LogP contribution in [0.5, 0.6) is 0 Å². The van der Waals surface area contributed by atoms with Gasteiger partial charge < -0.3 is 10.2 Å². The van der Waals surface area contributed by atoms with Crippen LogP contribution in [-0.4, -0.2) is 5.91 Å². The maximum atomic E-state index is 10.8. The summed E-state index contributed by atoms with van der Waals surface area (Å²) in [5.41, 5.74) is 6.97. The molecule has 1 radical (unpaired) electrons. The molecule has 0 aliphatic carbocycles. The number of hydrogen-bond donors (Lipinski definition) is 1. The largest absolute Gasteiger partial charge is 0.464 e. The Morgan fingerprint density at radius 3 is 3.00 bits per heavy atom. The second kappa shape index (κ2) is 3.77. The Balaban J connectivity index is 2.30.